The Hall–Kier alpha value is -1.73. The minimum absolute atomic E-state index is 0.0275. The Morgan fingerprint density at radius 1 is 1.42 bits per heavy atom. The van der Waals surface area contributed by atoms with Crippen molar-refractivity contribution in [1.82, 2.24) is 15.1 Å². The van der Waals surface area contributed by atoms with E-state index in [1.807, 2.05) is 43.3 Å². The first-order valence-electron chi connectivity index (χ1n) is 7.98. The SMILES string of the molecule is COc1ccccc1C1SCC(=O)N1CCC(=O)NCCN(C)C. The summed E-state index contributed by atoms with van der Waals surface area (Å²) in [5.41, 5.74) is 0.976. The molecule has 2 amide bonds. The van der Waals surface area contributed by atoms with Crippen LogP contribution in [0.3, 0.4) is 0 Å². The van der Waals surface area contributed by atoms with E-state index >= 15 is 0 Å². The zero-order chi connectivity index (χ0) is 17.5. The third kappa shape index (κ3) is 4.88. The van der Waals surface area contributed by atoms with Gasteiger partial charge in [-0.3, -0.25) is 9.59 Å². The van der Waals surface area contributed by atoms with Crippen LogP contribution in [0.4, 0.5) is 0 Å². The molecule has 6 nitrogen and oxygen atoms in total. The fourth-order valence-electron chi connectivity index (χ4n) is 2.55. The van der Waals surface area contributed by atoms with Crippen molar-refractivity contribution in [2.24, 2.45) is 0 Å². The van der Waals surface area contributed by atoms with Gasteiger partial charge in [0.05, 0.1) is 12.9 Å². The van der Waals surface area contributed by atoms with Gasteiger partial charge in [-0.25, -0.2) is 0 Å². The van der Waals surface area contributed by atoms with Gasteiger partial charge in [0.15, 0.2) is 0 Å². The number of carbonyl (C=O) groups excluding carboxylic acids is 2. The monoisotopic (exact) mass is 351 g/mol. The third-order valence-corrected chi connectivity index (χ3v) is 5.07. The van der Waals surface area contributed by atoms with Gasteiger partial charge in [-0.2, -0.15) is 0 Å². The first-order chi connectivity index (χ1) is 11.5. The summed E-state index contributed by atoms with van der Waals surface area (Å²) >= 11 is 1.57. The number of thioether (sulfide) groups is 1. The second-order valence-electron chi connectivity index (χ2n) is 5.90. The molecule has 1 heterocycles. The highest BCUT2D eigenvalue weighted by atomic mass is 32.2. The molecule has 1 unspecified atom stereocenters. The van der Waals surface area contributed by atoms with E-state index in [9.17, 15) is 9.59 Å². The predicted octanol–water partition coefficient (Wildman–Crippen LogP) is 1.34. The van der Waals surface area contributed by atoms with Crippen molar-refractivity contribution in [3.63, 3.8) is 0 Å². The molecular formula is C17H25N3O3S. The summed E-state index contributed by atoms with van der Waals surface area (Å²) in [6.45, 7) is 1.83. The summed E-state index contributed by atoms with van der Waals surface area (Å²) in [4.78, 5) is 27.9. The minimum atomic E-state index is -0.0942. The summed E-state index contributed by atoms with van der Waals surface area (Å²) < 4.78 is 5.41. The highest BCUT2D eigenvalue weighted by molar-refractivity contribution is 8.00. The molecule has 0 spiro atoms. The van der Waals surface area contributed by atoms with Gasteiger partial charge in [-0.1, -0.05) is 18.2 Å². The van der Waals surface area contributed by atoms with Crippen LogP contribution in [-0.4, -0.2) is 68.2 Å². The van der Waals surface area contributed by atoms with E-state index in [1.54, 1.807) is 23.8 Å². The van der Waals surface area contributed by atoms with Crippen molar-refractivity contribution in [3.8, 4) is 5.75 Å². The molecule has 2 rings (SSSR count). The van der Waals surface area contributed by atoms with Crippen LogP contribution in [0.5, 0.6) is 5.75 Å². The minimum Gasteiger partial charge on any atom is -0.496 e. The highest BCUT2D eigenvalue weighted by Crippen LogP contribution is 2.42. The van der Waals surface area contributed by atoms with Crippen molar-refractivity contribution < 1.29 is 14.3 Å². The van der Waals surface area contributed by atoms with Crippen LogP contribution in [0, 0.1) is 0 Å². The van der Waals surface area contributed by atoms with Gasteiger partial charge >= 0.3 is 0 Å². The number of methoxy groups -OCH3 is 1. The number of para-hydroxylation sites is 1. The number of carbonyl (C=O) groups is 2. The van der Waals surface area contributed by atoms with Gasteiger partial charge in [0, 0.05) is 31.6 Å². The van der Waals surface area contributed by atoms with Crippen molar-refractivity contribution in [2.45, 2.75) is 11.8 Å². The zero-order valence-electron chi connectivity index (χ0n) is 14.4. The Morgan fingerprint density at radius 3 is 2.88 bits per heavy atom. The lowest BCUT2D eigenvalue weighted by atomic mass is 10.1. The van der Waals surface area contributed by atoms with Crippen LogP contribution in [0.25, 0.3) is 0 Å². The zero-order valence-corrected chi connectivity index (χ0v) is 15.3. The van der Waals surface area contributed by atoms with E-state index in [-0.39, 0.29) is 17.2 Å². The van der Waals surface area contributed by atoms with Crippen LogP contribution < -0.4 is 10.1 Å². The number of hydrogen-bond acceptors (Lipinski definition) is 5. The second-order valence-corrected chi connectivity index (χ2v) is 6.96. The first-order valence-corrected chi connectivity index (χ1v) is 9.03. The number of nitrogens with one attached hydrogen (secondary N) is 1. The summed E-state index contributed by atoms with van der Waals surface area (Å²) in [5.74, 6) is 1.24. The van der Waals surface area contributed by atoms with Gasteiger partial charge < -0.3 is 19.9 Å². The highest BCUT2D eigenvalue weighted by Gasteiger charge is 2.34. The molecule has 0 bridgehead atoms. The molecule has 1 aromatic rings. The number of benzene rings is 1. The summed E-state index contributed by atoms with van der Waals surface area (Å²) in [6, 6.07) is 7.71. The fourth-order valence-corrected chi connectivity index (χ4v) is 3.80. The fraction of sp³-hybridized carbons (Fsp3) is 0.529. The lowest BCUT2D eigenvalue weighted by Crippen LogP contribution is -2.35. The molecule has 0 saturated carbocycles. The van der Waals surface area contributed by atoms with Crippen LogP contribution >= 0.6 is 11.8 Å². The normalized spacial score (nSPS) is 17.4. The van der Waals surface area contributed by atoms with Crippen molar-refractivity contribution in [3.05, 3.63) is 29.8 Å². The summed E-state index contributed by atoms with van der Waals surface area (Å²) in [7, 11) is 5.55. The number of rotatable bonds is 8. The van der Waals surface area contributed by atoms with Crippen molar-refractivity contribution >= 4 is 23.6 Å². The Balaban J connectivity index is 1.95. The lowest BCUT2D eigenvalue weighted by molar-refractivity contribution is -0.129. The molecule has 0 aliphatic carbocycles. The topological polar surface area (TPSA) is 61.9 Å². The number of hydrogen-bond donors (Lipinski definition) is 1. The average Bonchev–Trinajstić information content (AvgIpc) is 2.93. The molecule has 1 fully saturated rings. The standard InChI is InChI=1S/C17H25N3O3S/c1-19(2)11-9-18-15(21)8-10-20-16(22)12-24-17(20)13-6-4-5-7-14(13)23-3/h4-7,17H,8-12H2,1-3H3,(H,18,21). The van der Waals surface area contributed by atoms with Crippen LogP contribution in [0.15, 0.2) is 24.3 Å². The Labute approximate surface area is 147 Å². The number of ether oxygens (including phenoxy) is 1. The van der Waals surface area contributed by atoms with E-state index in [2.05, 4.69) is 5.32 Å². The average molecular weight is 351 g/mol. The van der Waals surface area contributed by atoms with Gasteiger partial charge in [-0.15, -0.1) is 11.8 Å². The van der Waals surface area contributed by atoms with E-state index in [0.29, 0.717) is 25.3 Å². The Bertz CT molecular complexity index is 580. The van der Waals surface area contributed by atoms with E-state index in [4.69, 9.17) is 4.74 Å². The van der Waals surface area contributed by atoms with Gasteiger partial charge in [0.2, 0.25) is 11.8 Å². The maximum atomic E-state index is 12.2. The molecule has 1 aliphatic heterocycles. The third-order valence-electron chi connectivity index (χ3n) is 3.83. The quantitative estimate of drug-likeness (QED) is 0.766. The molecule has 1 aromatic carbocycles. The molecule has 24 heavy (non-hydrogen) atoms. The molecule has 1 aliphatic rings. The van der Waals surface area contributed by atoms with E-state index in [0.717, 1.165) is 17.9 Å². The van der Waals surface area contributed by atoms with Crippen LogP contribution in [0.2, 0.25) is 0 Å². The number of amides is 2. The molecule has 1 atom stereocenters. The predicted molar refractivity (Wildman–Crippen MR) is 96.1 cm³/mol. The van der Waals surface area contributed by atoms with Crippen LogP contribution in [0.1, 0.15) is 17.4 Å². The van der Waals surface area contributed by atoms with E-state index < -0.39 is 0 Å². The molecule has 0 radical (unpaired) electrons. The first kappa shape index (κ1) is 18.6. The molecule has 0 aromatic heterocycles. The smallest absolute Gasteiger partial charge is 0.233 e. The molecular weight excluding hydrogens is 326 g/mol. The molecule has 1 N–H and O–H groups in total. The van der Waals surface area contributed by atoms with Gasteiger partial charge in [0.1, 0.15) is 11.1 Å². The number of likely N-dealkylation sites (N-methyl/N-ethyl adjacent to an activating group) is 1. The lowest BCUT2D eigenvalue weighted by Gasteiger charge is -2.25. The van der Waals surface area contributed by atoms with Crippen LogP contribution in [-0.2, 0) is 9.59 Å². The largest absolute Gasteiger partial charge is 0.496 e. The molecule has 132 valence electrons. The second kappa shape index (κ2) is 8.94. The summed E-state index contributed by atoms with van der Waals surface area (Å²) in [5, 5.41) is 2.79. The Kier molecular flexibility index (Phi) is 6.93. The Morgan fingerprint density at radius 2 is 2.17 bits per heavy atom. The number of nitrogens with zero attached hydrogens (tertiary/aromatic N) is 2. The maximum Gasteiger partial charge on any atom is 0.233 e. The van der Waals surface area contributed by atoms with Crippen molar-refractivity contribution in [2.75, 3.05) is 46.6 Å². The summed E-state index contributed by atoms with van der Waals surface area (Å²) in [6.07, 6.45) is 0.311. The van der Waals surface area contributed by atoms with Gasteiger partial charge in [0.25, 0.3) is 0 Å². The van der Waals surface area contributed by atoms with E-state index in [1.165, 1.54) is 0 Å². The maximum absolute atomic E-state index is 12.2. The molecule has 1 saturated heterocycles. The van der Waals surface area contributed by atoms with Gasteiger partial charge in [-0.05, 0) is 20.2 Å². The van der Waals surface area contributed by atoms with Crippen molar-refractivity contribution in [1.29, 1.82) is 0 Å². The molecule has 7 heteroatoms.